The van der Waals surface area contributed by atoms with E-state index >= 15 is 0 Å². The van der Waals surface area contributed by atoms with Crippen molar-refractivity contribution in [2.24, 2.45) is 0 Å². The zero-order valence-electron chi connectivity index (χ0n) is 13.9. The summed E-state index contributed by atoms with van der Waals surface area (Å²) in [6.45, 7) is 5.39. The number of hydrogen-bond acceptors (Lipinski definition) is 6. The smallest absolute Gasteiger partial charge is 0.340 e. The fourth-order valence-electron chi connectivity index (χ4n) is 2.72. The molecule has 0 unspecified atom stereocenters. The molecule has 0 aromatic carbocycles. The Morgan fingerprint density at radius 3 is 2.67 bits per heavy atom. The van der Waals surface area contributed by atoms with Crippen LogP contribution in [0.1, 0.15) is 34.5 Å². The van der Waals surface area contributed by atoms with Crippen LogP contribution in [0.5, 0.6) is 0 Å². The molecule has 24 heavy (non-hydrogen) atoms. The number of esters is 1. The number of aromatic nitrogens is 5. The highest BCUT2D eigenvalue weighted by Gasteiger charge is 2.20. The van der Waals surface area contributed by atoms with Gasteiger partial charge in [-0.25, -0.2) is 4.79 Å². The lowest BCUT2D eigenvalue weighted by atomic mass is 10.0. The summed E-state index contributed by atoms with van der Waals surface area (Å²) in [7, 11) is 1.30. The second kappa shape index (κ2) is 5.88. The summed E-state index contributed by atoms with van der Waals surface area (Å²) in [4.78, 5) is 33.6. The van der Waals surface area contributed by atoms with Crippen LogP contribution in [0.2, 0.25) is 0 Å². The van der Waals surface area contributed by atoms with Gasteiger partial charge in [0.05, 0.1) is 29.4 Å². The molecule has 8 heteroatoms. The highest BCUT2D eigenvalue weighted by molar-refractivity contribution is 6.05. The third kappa shape index (κ3) is 2.36. The van der Waals surface area contributed by atoms with Gasteiger partial charge in [0, 0.05) is 18.0 Å². The first-order chi connectivity index (χ1) is 11.5. The molecule has 0 fully saturated rings. The molecule has 1 N–H and O–H groups in total. The molecule has 8 nitrogen and oxygen atoms in total. The minimum atomic E-state index is -0.520. The van der Waals surface area contributed by atoms with Crippen molar-refractivity contribution in [2.75, 3.05) is 7.11 Å². The van der Waals surface area contributed by atoms with E-state index in [0.29, 0.717) is 40.0 Å². The van der Waals surface area contributed by atoms with E-state index in [1.807, 2.05) is 6.92 Å². The predicted molar refractivity (Wildman–Crippen MR) is 87.5 cm³/mol. The summed E-state index contributed by atoms with van der Waals surface area (Å²) < 4.78 is 6.16. The number of rotatable bonds is 3. The summed E-state index contributed by atoms with van der Waals surface area (Å²) in [5.41, 5.74) is 1.03. The second-order valence-electron chi connectivity index (χ2n) is 5.36. The quantitative estimate of drug-likeness (QED) is 0.731. The third-order valence-electron chi connectivity index (χ3n) is 3.88. The molecule has 0 spiro atoms. The summed E-state index contributed by atoms with van der Waals surface area (Å²) in [6, 6.07) is 1.69. The molecule has 0 aliphatic heterocycles. The van der Waals surface area contributed by atoms with Crippen molar-refractivity contribution in [2.45, 2.75) is 27.2 Å². The van der Waals surface area contributed by atoms with E-state index in [1.165, 1.54) is 11.7 Å². The van der Waals surface area contributed by atoms with Crippen molar-refractivity contribution in [1.29, 1.82) is 0 Å². The zero-order valence-corrected chi connectivity index (χ0v) is 13.9. The van der Waals surface area contributed by atoms with Gasteiger partial charge >= 0.3 is 5.97 Å². The van der Waals surface area contributed by atoms with Crippen molar-refractivity contribution >= 4 is 16.7 Å². The van der Waals surface area contributed by atoms with Crippen LogP contribution in [-0.4, -0.2) is 37.8 Å². The Kier molecular flexibility index (Phi) is 3.88. The minimum Gasteiger partial charge on any atom is -0.465 e. The molecule has 0 amide bonds. The summed E-state index contributed by atoms with van der Waals surface area (Å²) >= 11 is 0. The van der Waals surface area contributed by atoms with E-state index in [4.69, 9.17) is 4.74 Å². The van der Waals surface area contributed by atoms with Gasteiger partial charge in [-0.15, -0.1) is 5.10 Å². The molecular formula is C16H17N5O3. The van der Waals surface area contributed by atoms with Crippen molar-refractivity contribution in [3.05, 3.63) is 45.4 Å². The van der Waals surface area contributed by atoms with E-state index < -0.39 is 5.97 Å². The summed E-state index contributed by atoms with van der Waals surface area (Å²) in [5.74, 6) is 0.428. The summed E-state index contributed by atoms with van der Waals surface area (Å²) in [6.07, 6.45) is 2.24. The highest BCUT2D eigenvalue weighted by atomic mass is 16.5. The Balaban J connectivity index is 2.33. The number of aromatic amines is 1. The minimum absolute atomic E-state index is 0.262. The summed E-state index contributed by atoms with van der Waals surface area (Å²) in [5, 5.41) is 7.71. The Hall–Kier alpha value is -3.03. The number of H-pyrrole nitrogens is 1. The molecule has 0 bridgehead atoms. The molecule has 0 radical (unpaired) electrons. The average Bonchev–Trinajstić information content (AvgIpc) is 3.03. The first kappa shape index (κ1) is 15.9. The van der Waals surface area contributed by atoms with Crippen molar-refractivity contribution < 1.29 is 9.53 Å². The number of carbonyl (C=O) groups is 1. The van der Waals surface area contributed by atoms with E-state index in [9.17, 15) is 9.59 Å². The SMILES string of the molecule is CCc1nc(-n2ccc3c(C(=O)OC)c(C)nc(C)c3c2=O)n[nH]1. The van der Waals surface area contributed by atoms with Gasteiger partial charge in [0.1, 0.15) is 5.82 Å². The Morgan fingerprint density at radius 1 is 1.29 bits per heavy atom. The van der Waals surface area contributed by atoms with Gasteiger partial charge in [-0.05, 0) is 19.9 Å². The molecule has 124 valence electrons. The number of ether oxygens (including phenoxy) is 1. The maximum Gasteiger partial charge on any atom is 0.340 e. The molecule has 0 saturated heterocycles. The maximum atomic E-state index is 12.9. The van der Waals surface area contributed by atoms with Crippen LogP contribution in [0, 0.1) is 13.8 Å². The van der Waals surface area contributed by atoms with Crippen LogP contribution < -0.4 is 5.56 Å². The first-order valence-electron chi connectivity index (χ1n) is 7.50. The van der Waals surface area contributed by atoms with Crippen LogP contribution >= 0.6 is 0 Å². The number of methoxy groups -OCH3 is 1. The molecule has 3 aromatic heterocycles. The molecule has 3 rings (SSSR count). The largest absolute Gasteiger partial charge is 0.465 e. The van der Waals surface area contributed by atoms with E-state index in [1.54, 1.807) is 26.1 Å². The number of hydrogen-bond donors (Lipinski definition) is 1. The van der Waals surface area contributed by atoms with Gasteiger partial charge < -0.3 is 4.74 Å². The maximum absolute atomic E-state index is 12.9. The van der Waals surface area contributed by atoms with Gasteiger partial charge in [-0.1, -0.05) is 6.92 Å². The lowest BCUT2D eigenvalue weighted by molar-refractivity contribution is 0.0601. The fraction of sp³-hybridized carbons (Fsp3) is 0.312. The van der Waals surface area contributed by atoms with Crippen LogP contribution in [-0.2, 0) is 11.2 Å². The Labute approximate surface area is 137 Å². The van der Waals surface area contributed by atoms with Gasteiger partial charge in [0.25, 0.3) is 11.5 Å². The number of nitrogens with one attached hydrogen (secondary N) is 1. The van der Waals surface area contributed by atoms with Gasteiger partial charge in [-0.3, -0.25) is 19.4 Å². The second-order valence-corrected chi connectivity index (χ2v) is 5.36. The Bertz CT molecular complexity index is 1000. The van der Waals surface area contributed by atoms with Crippen molar-refractivity contribution in [3.8, 4) is 5.95 Å². The zero-order chi connectivity index (χ0) is 17.4. The molecule has 0 aliphatic rings. The lowest BCUT2D eigenvalue weighted by Crippen LogP contribution is -2.21. The molecule has 0 atom stereocenters. The lowest BCUT2D eigenvalue weighted by Gasteiger charge is -2.11. The molecule has 0 aliphatic carbocycles. The highest BCUT2D eigenvalue weighted by Crippen LogP contribution is 2.22. The normalized spacial score (nSPS) is 11.0. The number of pyridine rings is 2. The van der Waals surface area contributed by atoms with E-state index in [0.717, 1.165) is 0 Å². The standard InChI is InChI=1S/C16H17N5O3/c1-5-11-18-16(20-19-11)21-7-6-10-12(14(21)22)8(2)17-9(3)13(10)15(23)24-4/h6-7H,5H2,1-4H3,(H,18,19,20). The fourth-order valence-corrected chi connectivity index (χ4v) is 2.72. The predicted octanol–water partition coefficient (Wildman–Crippen LogP) is 1.47. The van der Waals surface area contributed by atoms with Crippen LogP contribution in [0.3, 0.4) is 0 Å². The monoisotopic (exact) mass is 327 g/mol. The van der Waals surface area contributed by atoms with Crippen molar-refractivity contribution in [1.82, 2.24) is 24.7 Å². The van der Waals surface area contributed by atoms with Crippen molar-refractivity contribution in [3.63, 3.8) is 0 Å². The van der Waals surface area contributed by atoms with Crippen LogP contribution in [0.25, 0.3) is 16.7 Å². The Morgan fingerprint density at radius 2 is 2.04 bits per heavy atom. The number of aryl methyl sites for hydroxylation is 3. The number of carbonyl (C=O) groups excluding carboxylic acids is 1. The molecule has 0 saturated carbocycles. The topological polar surface area (TPSA) is 103 Å². The number of nitrogens with zero attached hydrogens (tertiary/aromatic N) is 4. The molecule has 3 heterocycles. The molecular weight excluding hydrogens is 310 g/mol. The van der Waals surface area contributed by atoms with Crippen LogP contribution in [0.4, 0.5) is 0 Å². The van der Waals surface area contributed by atoms with Crippen LogP contribution in [0.15, 0.2) is 17.1 Å². The van der Waals surface area contributed by atoms with Gasteiger partial charge in [-0.2, -0.15) is 4.98 Å². The van der Waals surface area contributed by atoms with Gasteiger partial charge in [0.15, 0.2) is 0 Å². The third-order valence-corrected chi connectivity index (χ3v) is 3.88. The number of fused-ring (bicyclic) bond motifs is 1. The molecule has 3 aromatic rings. The van der Waals surface area contributed by atoms with E-state index in [-0.39, 0.29) is 11.5 Å². The van der Waals surface area contributed by atoms with E-state index in [2.05, 4.69) is 20.2 Å². The first-order valence-corrected chi connectivity index (χ1v) is 7.50. The van der Waals surface area contributed by atoms with Gasteiger partial charge in [0.2, 0.25) is 0 Å². The average molecular weight is 327 g/mol.